The van der Waals surface area contributed by atoms with Crippen molar-refractivity contribution in [1.82, 2.24) is 10.3 Å². The van der Waals surface area contributed by atoms with Crippen LogP contribution in [0.25, 0.3) is 11.0 Å². The molecule has 2 N–H and O–H groups in total. The van der Waals surface area contributed by atoms with Crippen LogP contribution in [0.3, 0.4) is 0 Å². The first-order chi connectivity index (χ1) is 11.4. The second-order valence-electron chi connectivity index (χ2n) is 5.91. The normalized spacial score (nSPS) is 11.0. The Morgan fingerprint density at radius 2 is 2.04 bits per heavy atom. The lowest BCUT2D eigenvalue weighted by Gasteiger charge is -2.11. The highest BCUT2D eigenvalue weighted by Gasteiger charge is 2.15. The van der Waals surface area contributed by atoms with Gasteiger partial charge in [0.2, 0.25) is 0 Å². The number of aryl methyl sites for hydroxylation is 1. The summed E-state index contributed by atoms with van der Waals surface area (Å²) in [7, 11) is 0. The third-order valence-electron chi connectivity index (χ3n) is 3.52. The highest BCUT2D eigenvalue weighted by molar-refractivity contribution is 9.10. The smallest absolute Gasteiger partial charge is 0.270 e. The summed E-state index contributed by atoms with van der Waals surface area (Å²) in [6.07, 6.45) is 1.59. The Bertz CT molecular complexity index is 902. The van der Waals surface area contributed by atoms with E-state index in [0.29, 0.717) is 17.1 Å². The predicted molar refractivity (Wildman–Crippen MR) is 98.8 cm³/mol. The van der Waals surface area contributed by atoms with Crippen molar-refractivity contribution in [3.63, 3.8) is 0 Å². The molecular formula is C18H18BrN3O2. The Balaban J connectivity index is 2.00. The van der Waals surface area contributed by atoms with Gasteiger partial charge in [0.05, 0.1) is 11.6 Å². The number of fused-ring (bicyclic) bond motifs is 1. The zero-order valence-corrected chi connectivity index (χ0v) is 15.3. The van der Waals surface area contributed by atoms with E-state index in [-0.39, 0.29) is 11.9 Å². The van der Waals surface area contributed by atoms with Gasteiger partial charge in [-0.2, -0.15) is 0 Å². The molecule has 0 saturated carbocycles. The molecular weight excluding hydrogens is 370 g/mol. The fourth-order valence-corrected chi connectivity index (χ4v) is 2.62. The van der Waals surface area contributed by atoms with Gasteiger partial charge in [0.15, 0.2) is 0 Å². The van der Waals surface area contributed by atoms with Gasteiger partial charge in [-0.1, -0.05) is 15.9 Å². The van der Waals surface area contributed by atoms with Crippen molar-refractivity contribution in [3.8, 4) is 0 Å². The van der Waals surface area contributed by atoms with E-state index in [0.717, 1.165) is 21.1 Å². The van der Waals surface area contributed by atoms with Gasteiger partial charge in [0.1, 0.15) is 17.1 Å². The number of halogens is 1. The van der Waals surface area contributed by atoms with Crippen LogP contribution in [-0.2, 0) is 0 Å². The maximum absolute atomic E-state index is 12.3. The molecule has 24 heavy (non-hydrogen) atoms. The Morgan fingerprint density at radius 1 is 1.25 bits per heavy atom. The lowest BCUT2D eigenvalue weighted by Crippen LogP contribution is -2.30. The minimum atomic E-state index is -0.224. The number of hydrogen-bond donors (Lipinski definition) is 2. The Labute approximate surface area is 148 Å². The number of aromatic nitrogens is 1. The number of anilines is 2. The van der Waals surface area contributed by atoms with Crippen molar-refractivity contribution < 1.29 is 9.21 Å². The van der Waals surface area contributed by atoms with E-state index in [4.69, 9.17) is 4.42 Å². The van der Waals surface area contributed by atoms with E-state index in [2.05, 4.69) is 31.5 Å². The number of carbonyl (C=O) groups is 1. The maximum Gasteiger partial charge on any atom is 0.270 e. The Kier molecular flexibility index (Phi) is 4.57. The number of carbonyl (C=O) groups excluding carboxylic acids is 1. The molecule has 2 aromatic heterocycles. The van der Waals surface area contributed by atoms with Crippen molar-refractivity contribution in [2.75, 3.05) is 5.32 Å². The first-order valence-corrected chi connectivity index (χ1v) is 8.45. The third kappa shape index (κ3) is 3.43. The number of furan rings is 1. The second kappa shape index (κ2) is 6.65. The van der Waals surface area contributed by atoms with Gasteiger partial charge in [-0.25, -0.2) is 4.98 Å². The van der Waals surface area contributed by atoms with Crippen molar-refractivity contribution in [1.29, 1.82) is 0 Å². The molecule has 5 nitrogen and oxygen atoms in total. The molecule has 0 aliphatic rings. The number of amides is 1. The number of nitrogens with zero attached hydrogens (tertiary/aromatic N) is 1. The van der Waals surface area contributed by atoms with E-state index in [9.17, 15) is 4.79 Å². The Morgan fingerprint density at radius 3 is 2.75 bits per heavy atom. The van der Waals surface area contributed by atoms with Crippen LogP contribution in [0.2, 0.25) is 0 Å². The van der Waals surface area contributed by atoms with Crippen molar-refractivity contribution in [2.45, 2.75) is 26.8 Å². The molecule has 0 saturated heterocycles. The van der Waals surface area contributed by atoms with E-state index >= 15 is 0 Å². The molecule has 2 heterocycles. The summed E-state index contributed by atoms with van der Waals surface area (Å²) in [5, 5.41) is 6.95. The average Bonchev–Trinajstić information content (AvgIpc) is 2.99. The van der Waals surface area contributed by atoms with E-state index in [1.54, 1.807) is 12.3 Å². The van der Waals surface area contributed by atoms with Gasteiger partial charge in [-0.05, 0) is 50.6 Å². The van der Waals surface area contributed by atoms with Crippen LogP contribution in [0, 0.1) is 6.92 Å². The first-order valence-electron chi connectivity index (χ1n) is 7.66. The molecule has 3 aromatic rings. The van der Waals surface area contributed by atoms with Crippen LogP contribution in [-0.4, -0.2) is 16.9 Å². The highest BCUT2D eigenvalue weighted by atomic mass is 79.9. The first kappa shape index (κ1) is 16.5. The fraction of sp³-hybridized carbons (Fsp3) is 0.222. The molecule has 0 spiro atoms. The number of pyridine rings is 1. The summed E-state index contributed by atoms with van der Waals surface area (Å²) in [6, 6.07) is 9.46. The molecule has 0 aliphatic carbocycles. The number of rotatable bonds is 4. The summed E-state index contributed by atoms with van der Waals surface area (Å²) < 4.78 is 6.51. The summed E-state index contributed by atoms with van der Waals surface area (Å²) in [5.74, 6) is 0.371. The van der Waals surface area contributed by atoms with E-state index < -0.39 is 0 Å². The van der Waals surface area contributed by atoms with Crippen LogP contribution >= 0.6 is 15.9 Å². The minimum absolute atomic E-state index is 0.0390. The monoisotopic (exact) mass is 387 g/mol. The van der Waals surface area contributed by atoms with Gasteiger partial charge in [-0.15, -0.1) is 0 Å². The zero-order chi connectivity index (χ0) is 17.3. The van der Waals surface area contributed by atoms with Crippen LogP contribution in [0.1, 0.15) is 29.9 Å². The molecule has 0 radical (unpaired) electrons. The van der Waals surface area contributed by atoms with Crippen LogP contribution in [0.4, 0.5) is 11.5 Å². The summed E-state index contributed by atoms with van der Waals surface area (Å²) in [4.78, 5) is 16.8. The van der Waals surface area contributed by atoms with Gasteiger partial charge in [0, 0.05) is 22.3 Å². The average molecular weight is 388 g/mol. The van der Waals surface area contributed by atoms with Crippen LogP contribution < -0.4 is 10.6 Å². The third-order valence-corrected chi connectivity index (χ3v) is 4.41. The standard InChI is InChI=1S/C18H18BrN3O2/c1-10(2)20-18(23)15-9-16-13(6-7-24-16)17(22-15)21-12-4-5-14(19)11(3)8-12/h4-10H,1-3H3,(H,20,23)(H,21,22). The van der Waals surface area contributed by atoms with E-state index in [1.807, 2.05) is 45.0 Å². The lowest BCUT2D eigenvalue weighted by molar-refractivity contribution is 0.0938. The molecule has 0 unspecified atom stereocenters. The summed E-state index contributed by atoms with van der Waals surface area (Å²) in [6.45, 7) is 5.84. The zero-order valence-electron chi connectivity index (χ0n) is 13.7. The summed E-state index contributed by atoms with van der Waals surface area (Å²) >= 11 is 3.49. The fourth-order valence-electron chi connectivity index (χ4n) is 2.37. The number of hydrogen-bond acceptors (Lipinski definition) is 4. The number of nitrogens with one attached hydrogen (secondary N) is 2. The van der Waals surface area contributed by atoms with Crippen molar-refractivity contribution >= 4 is 44.3 Å². The molecule has 0 bridgehead atoms. The van der Waals surface area contributed by atoms with Crippen LogP contribution in [0.5, 0.6) is 0 Å². The van der Waals surface area contributed by atoms with Gasteiger partial charge >= 0.3 is 0 Å². The molecule has 0 atom stereocenters. The molecule has 6 heteroatoms. The minimum Gasteiger partial charge on any atom is -0.464 e. The maximum atomic E-state index is 12.3. The topological polar surface area (TPSA) is 67.2 Å². The molecule has 0 fully saturated rings. The summed E-state index contributed by atoms with van der Waals surface area (Å²) in [5.41, 5.74) is 2.95. The van der Waals surface area contributed by atoms with E-state index in [1.165, 1.54) is 0 Å². The molecule has 1 amide bonds. The second-order valence-corrected chi connectivity index (χ2v) is 6.76. The highest BCUT2D eigenvalue weighted by Crippen LogP contribution is 2.28. The molecule has 3 rings (SSSR count). The van der Waals surface area contributed by atoms with Gasteiger partial charge < -0.3 is 15.1 Å². The molecule has 124 valence electrons. The van der Waals surface area contributed by atoms with Gasteiger partial charge in [0.25, 0.3) is 5.91 Å². The SMILES string of the molecule is Cc1cc(Nc2nc(C(=O)NC(C)C)cc3occc23)ccc1Br. The lowest BCUT2D eigenvalue weighted by atomic mass is 10.2. The van der Waals surface area contributed by atoms with Crippen molar-refractivity contribution in [2.24, 2.45) is 0 Å². The van der Waals surface area contributed by atoms with Crippen molar-refractivity contribution in [3.05, 3.63) is 52.3 Å². The molecule has 1 aromatic carbocycles. The Hall–Kier alpha value is -2.34. The number of benzene rings is 1. The quantitative estimate of drug-likeness (QED) is 0.675. The largest absolute Gasteiger partial charge is 0.464 e. The van der Waals surface area contributed by atoms with Gasteiger partial charge in [-0.3, -0.25) is 4.79 Å². The van der Waals surface area contributed by atoms with Crippen LogP contribution in [0.15, 0.2) is 45.5 Å². The predicted octanol–water partition coefficient (Wildman–Crippen LogP) is 4.78. The molecule has 0 aliphatic heterocycles.